The zero-order valence-electron chi connectivity index (χ0n) is 8.33. The summed E-state index contributed by atoms with van der Waals surface area (Å²) in [4.78, 5) is 0. The molecular formula is C10H17N3. The zero-order valence-corrected chi connectivity index (χ0v) is 8.33. The normalized spacial score (nSPS) is 26.5. The number of rotatable bonds is 1. The van der Waals surface area contributed by atoms with E-state index >= 15 is 0 Å². The molecule has 3 nitrogen and oxygen atoms in total. The van der Waals surface area contributed by atoms with Gasteiger partial charge < -0.3 is 5.73 Å². The van der Waals surface area contributed by atoms with Gasteiger partial charge in [-0.15, -0.1) is 0 Å². The maximum atomic E-state index is 5.84. The van der Waals surface area contributed by atoms with Gasteiger partial charge in [-0.1, -0.05) is 20.3 Å². The quantitative estimate of drug-likeness (QED) is 0.718. The molecule has 2 rings (SSSR count). The Morgan fingerprint density at radius 3 is 2.85 bits per heavy atom. The summed E-state index contributed by atoms with van der Waals surface area (Å²) < 4.78 is 1.98. The van der Waals surface area contributed by atoms with E-state index in [1.807, 2.05) is 10.7 Å². The van der Waals surface area contributed by atoms with Crippen molar-refractivity contribution in [3.63, 3.8) is 0 Å². The SMILES string of the molecule is CC1(C)CCCC1n1nccc1N. The number of aromatic nitrogens is 2. The van der Waals surface area contributed by atoms with Crippen molar-refractivity contribution in [1.82, 2.24) is 9.78 Å². The maximum Gasteiger partial charge on any atom is 0.121 e. The first kappa shape index (κ1) is 8.60. The van der Waals surface area contributed by atoms with Crippen LogP contribution in [-0.2, 0) is 0 Å². The molecule has 1 aliphatic rings. The minimum absolute atomic E-state index is 0.347. The maximum absolute atomic E-state index is 5.84. The van der Waals surface area contributed by atoms with E-state index in [1.165, 1.54) is 19.3 Å². The Bertz CT molecular complexity index is 301. The third kappa shape index (κ3) is 1.32. The number of nitrogen functional groups attached to an aromatic ring is 1. The van der Waals surface area contributed by atoms with Crippen LogP contribution in [0.1, 0.15) is 39.2 Å². The second-order valence-corrected chi connectivity index (χ2v) is 4.60. The van der Waals surface area contributed by atoms with E-state index in [0.717, 1.165) is 5.82 Å². The smallest absolute Gasteiger partial charge is 0.121 e. The Morgan fingerprint density at radius 2 is 2.38 bits per heavy atom. The van der Waals surface area contributed by atoms with E-state index in [2.05, 4.69) is 18.9 Å². The van der Waals surface area contributed by atoms with Gasteiger partial charge in [0.1, 0.15) is 5.82 Å². The molecule has 0 saturated heterocycles. The van der Waals surface area contributed by atoms with E-state index in [0.29, 0.717) is 11.5 Å². The third-order valence-corrected chi connectivity index (χ3v) is 3.20. The van der Waals surface area contributed by atoms with Gasteiger partial charge in [0.25, 0.3) is 0 Å². The fourth-order valence-corrected chi connectivity index (χ4v) is 2.35. The Kier molecular flexibility index (Phi) is 1.82. The van der Waals surface area contributed by atoms with Crippen LogP contribution in [0.25, 0.3) is 0 Å². The number of nitrogens with two attached hydrogens (primary N) is 1. The van der Waals surface area contributed by atoms with Crippen LogP contribution in [0, 0.1) is 5.41 Å². The molecule has 1 aromatic heterocycles. The van der Waals surface area contributed by atoms with Crippen molar-refractivity contribution in [2.24, 2.45) is 5.41 Å². The van der Waals surface area contributed by atoms with Crippen LogP contribution in [0.2, 0.25) is 0 Å². The van der Waals surface area contributed by atoms with E-state index in [4.69, 9.17) is 5.73 Å². The molecule has 1 atom stereocenters. The van der Waals surface area contributed by atoms with Crippen molar-refractivity contribution >= 4 is 5.82 Å². The summed E-state index contributed by atoms with van der Waals surface area (Å²) in [6.07, 6.45) is 5.55. The lowest BCUT2D eigenvalue weighted by Gasteiger charge is -2.27. The lowest BCUT2D eigenvalue weighted by molar-refractivity contribution is 0.246. The van der Waals surface area contributed by atoms with Gasteiger partial charge >= 0.3 is 0 Å². The minimum Gasteiger partial charge on any atom is -0.384 e. The van der Waals surface area contributed by atoms with Crippen molar-refractivity contribution in [2.75, 3.05) is 5.73 Å². The van der Waals surface area contributed by atoms with Gasteiger partial charge in [-0.25, -0.2) is 4.68 Å². The van der Waals surface area contributed by atoms with Crippen molar-refractivity contribution < 1.29 is 0 Å². The van der Waals surface area contributed by atoms with Gasteiger partial charge in [0.05, 0.1) is 12.2 Å². The first-order valence-electron chi connectivity index (χ1n) is 4.90. The predicted molar refractivity (Wildman–Crippen MR) is 53.3 cm³/mol. The largest absolute Gasteiger partial charge is 0.384 e. The minimum atomic E-state index is 0.347. The molecule has 1 aliphatic carbocycles. The highest BCUT2D eigenvalue weighted by Gasteiger charge is 2.36. The summed E-state index contributed by atoms with van der Waals surface area (Å²) in [5.41, 5.74) is 6.19. The summed E-state index contributed by atoms with van der Waals surface area (Å²) in [7, 11) is 0. The molecule has 0 aliphatic heterocycles. The predicted octanol–water partition coefficient (Wildman–Crippen LogP) is 2.22. The topological polar surface area (TPSA) is 43.8 Å². The van der Waals surface area contributed by atoms with Gasteiger partial charge in [-0.3, -0.25) is 0 Å². The van der Waals surface area contributed by atoms with Gasteiger partial charge in [0.15, 0.2) is 0 Å². The zero-order chi connectivity index (χ0) is 9.47. The number of hydrogen-bond donors (Lipinski definition) is 1. The lowest BCUT2D eigenvalue weighted by Crippen LogP contribution is -2.23. The molecule has 0 bridgehead atoms. The highest BCUT2D eigenvalue weighted by molar-refractivity contribution is 5.27. The van der Waals surface area contributed by atoms with Crippen LogP contribution in [0.3, 0.4) is 0 Å². The van der Waals surface area contributed by atoms with Gasteiger partial charge in [-0.05, 0) is 24.3 Å². The molecule has 0 amide bonds. The summed E-state index contributed by atoms with van der Waals surface area (Å²) in [5.74, 6) is 0.792. The molecule has 1 fully saturated rings. The van der Waals surface area contributed by atoms with Crippen LogP contribution >= 0.6 is 0 Å². The highest BCUT2D eigenvalue weighted by atomic mass is 15.3. The summed E-state index contributed by atoms with van der Waals surface area (Å²) in [6.45, 7) is 4.59. The molecule has 13 heavy (non-hydrogen) atoms. The molecule has 1 heterocycles. The second kappa shape index (κ2) is 2.76. The first-order valence-corrected chi connectivity index (χ1v) is 4.90. The molecule has 1 saturated carbocycles. The monoisotopic (exact) mass is 179 g/mol. The van der Waals surface area contributed by atoms with E-state index in [-0.39, 0.29) is 0 Å². The number of hydrogen-bond acceptors (Lipinski definition) is 2. The lowest BCUT2D eigenvalue weighted by atomic mass is 9.87. The number of anilines is 1. The van der Waals surface area contributed by atoms with Crippen molar-refractivity contribution in [1.29, 1.82) is 0 Å². The van der Waals surface area contributed by atoms with Crippen LogP contribution in [0.4, 0.5) is 5.82 Å². The molecule has 1 aromatic rings. The molecule has 2 N–H and O–H groups in total. The molecule has 72 valence electrons. The fourth-order valence-electron chi connectivity index (χ4n) is 2.35. The number of nitrogens with zero attached hydrogens (tertiary/aromatic N) is 2. The fraction of sp³-hybridized carbons (Fsp3) is 0.700. The molecule has 3 heteroatoms. The van der Waals surface area contributed by atoms with Crippen molar-refractivity contribution in [3.8, 4) is 0 Å². The van der Waals surface area contributed by atoms with Gasteiger partial charge in [0, 0.05) is 0 Å². The molecule has 1 unspecified atom stereocenters. The standard InChI is InChI=1S/C10H17N3/c1-10(2)6-3-4-8(10)13-9(11)5-7-12-13/h5,7-8H,3-4,6,11H2,1-2H3. The highest BCUT2D eigenvalue weighted by Crippen LogP contribution is 2.46. The molecular weight excluding hydrogens is 162 g/mol. The van der Waals surface area contributed by atoms with Gasteiger partial charge in [0.2, 0.25) is 0 Å². The van der Waals surface area contributed by atoms with E-state index in [1.54, 1.807) is 6.20 Å². The van der Waals surface area contributed by atoms with Crippen LogP contribution < -0.4 is 5.73 Å². The van der Waals surface area contributed by atoms with Crippen molar-refractivity contribution in [2.45, 2.75) is 39.2 Å². The van der Waals surface area contributed by atoms with Crippen LogP contribution in [-0.4, -0.2) is 9.78 Å². The van der Waals surface area contributed by atoms with E-state index < -0.39 is 0 Å². The van der Waals surface area contributed by atoms with Gasteiger partial charge in [-0.2, -0.15) is 5.10 Å². The first-order chi connectivity index (χ1) is 6.11. The summed E-state index contributed by atoms with van der Waals surface area (Å²) in [6, 6.07) is 2.36. The Labute approximate surface area is 78.9 Å². The van der Waals surface area contributed by atoms with Crippen LogP contribution in [0.5, 0.6) is 0 Å². The molecule has 0 spiro atoms. The second-order valence-electron chi connectivity index (χ2n) is 4.60. The average Bonchev–Trinajstić information content (AvgIpc) is 2.56. The Balaban J connectivity index is 2.31. The van der Waals surface area contributed by atoms with E-state index in [9.17, 15) is 0 Å². The third-order valence-electron chi connectivity index (χ3n) is 3.20. The Hall–Kier alpha value is -0.990. The molecule has 0 radical (unpaired) electrons. The summed E-state index contributed by atoms with van der Waals surface area (Å²) in [5, 5.41) is 4.29. The Morgan fingerprint density at radius 1 is 1.62 bits per heavy atom. The summed E-state index contributed by atoms with van der Waals surface area (Å²) >= 11 is 0. The van der Waals surface area contributed by atoms with Crippen LogP contribution in [0.15, 0.2) is 12.3 Å². The molecule has 0 aromatic carbocycles. The average molecular weight is 179 g/mol. The van der Waals surface area contributed by atoms with Crippen molar-refractivity contribution in [3.05, 3.63) is 12.3 Å².